The normalized spacial score (nSPS) is 21.5. The number of Topliss-reactive ketones (excluding diaryl/α,β-unsaturated/α-hetero) is 1. The van der Waals surface area contributed by atoms with E-state index in [0.717, 1.165) is 31.6 Å². The van der Waals surface area contributed by atoms with Crippen molar-refractivity contribution >= 4 is 29.1 Å². The van der Waals surface area contributed by atoms with Gasteiger partial charge in [0.2, 0.25) is 0 Å². The van der Waals surface area contributed by atoms with Crippen molar-refractivity contribution in [2.75, 3.05) is 26.2 Å². The largest absolute Gasteiger partial charge is 0.507 e. The molecule has 3 heterocycles. The first kappa shape index (κ1) is 22.6. The molecule has 2 aliphatic rings. The smallest absolute Gasteiger partial charge is 0.295 e. The zero-order chi connectivity index (χ0) is 23.0. The van der Waals surface area contributed by atoms with Crippen LogP contribution in [0.1, 0.15) is 47.8 Å². The SMILES string of the molecule is Cc1nn(C)c(C)c1/C(O)=C1\C(=O)C(=O)N(CCN2CCCCC2)C1c1cccc(Cl)c1. The van der Waals surface area contributed by atoms with Crippen LogP contribution in [-0.2, 0) is 16.6 Å². The Balaban J connectivity index is 1.79. The number of carbonyl (C=O) groups excluding carboxylic acids is 2. The molecule has 1 amide bonds. The Bertz CT molecular complexity index is 1080. The van der Waals surface area contributed by atoms with Crippen molar-refractivity contribution in [1.29, 1.82) is 0 Å². The van der Waals surface area contributed by atoms with Crippen LogP contribution in [0.15, 0.2) is 29.8 Å². The van der Waals surface area contributed by atoms with Crippen molar-refractivity contribution in [1.82, 2.24) is 19.6 Å². The van der Waals surface area contributed by atoms with E-state index in [-0.39, 0.29) is 11.3 Å². The molecule has 2 saturated heterocycles. The van der Waals surface area contributed by atoms with Crippen molar-refractivity contribution in [2.45, 2.75) is 39.2 Å². The first-order chi connectivity index (χ1) is 15.3. The van der Waals surface area contributed by atoms with E-state index < -0.39 is 17.7 Å². The summed E-state index contributed by atoms with van der Waals surface area (Å²) >= 11 is 6.25. The number of aliphatic hydroxyl groups excluding tert-OH is 1. The van der Waals surface area contributed by atoms with Crippen LogP contribution in [0.5, 0.6) is 0 Å². The lowest BCUT2D eigenvalue weighted by molar-refractivity contribution is -0.140. The summed E-state index contributed by atoms with van der Waals surface area (Å²) in [7, 11) is 1.78. The Morgan fingerprint density at radius 2 is 1.88 bits per heavy atom. The standard InChI is InChI=1S/C24H29ClN4O3/c1-15-19(16(2)27(3)26-15)22(30)20-21(17-8-7-9-18(25)14-17)29(24(32)23(20)31)13-12-28-10-5-4-6-11-28/h7-9,14,21,30H,4-6,10-13H2,1-3H3/b22-20+. The number of aliphatic hydroxyl groups is 1. The number of carbonyl (C=O) groups is 2. The molecule has 4 rings (SSSR count). The van der Waals surface area contributed by atoms with Gasteiger partial charge in [-0.1, -0.05) is 30.2 Å². The molecule has 0 radical (unpaired) electrons. The van der Waals surface area contributed by atoms with E-state index in [1.54, 1.807) is 41.8 Å². The van der Waals surface area contributed by atoms with Crippen molar-refractivity contribution in [2.24, 2.45) is 7.05 Å². The summed E-state index contributed by atoms with van der Waals surface area (Å²) in [6.07, 6.45) is 3.53. The average molecular weight is 457 g/mol. The Morgan fingerprint density at radius 3 is 2.50 bits per heavy atom. The van der Waals surface area contributed by atoms with Gasteiger partial charge in [0.25, 0.3) is 11.7 Å². The number of nitrogens with zero attached hydrogens (tertiary/aromatic N) is 4. The number of piperidine rings is 1. The number of hydrogen-bond acceptors (Lipinski definition) is 5. The van der Waals surface area contributed by atoms with Gasteiger partial charge < -0.3 is 14.9 Å². The zero-order valence-electron chi connectivity index (χ0n) is 18.8. The van der Waals surface area contributed by atoms with E-state index in [9.17, 15) is 14.7 Å². The number of hydrogen-bond donors (Lipinski definition) is 1. The van der Waals surface area contributed by atoms with Crippen LogP contribution >= 0.6 is 11.6 Å². The van der Waals surface area contributed by atoms with Gasteiger partial charge in [-0.2, -0.15) is 5.10 Å². The van der Waals surface area contributed by atoms with Gasteiger partial charge >= 0.3 is 0 Å². The average Bonchev–Trinajstić information content (AvgIpc) is 3.18. The Hall–Kier alpha value is -2.64. The van der Waals surface area contributed by atoms with Gasteiger partial charge in [0.1, 0.15) is 5.76 Å². The van der Waals surface area contributed by atoms with Crippen LogP contribution in [0.2, 0.25) is 5.02 Å². The molecule has 0 saturated carbocycles. The molecule has 170 valence electrons. The number of rotatable bonds is 5. The molecule has 1 aromatic heterocycles. The molecule has 2 aliphatic heterocycles. The third-order valence-corrected chi connectivity index (χ3v) is 6.79. The maximum absolute atomic E-state index is 13.2. The quantitative estimate of drug-likeness (QED) is 0.422. The van der Waals surface area contributed by atoms with Gasteiger partial charge in [-0.3, -0.25) is 14.3 Å². The number of benzene rings is 1. The number of ketones is 1. The predicted molar refractivity (Wildman–Crippen MR) is 123 cm³/mol. The molecule has 1 N–H and O–H groups in total. The fourth-order valence-corrected chi connectivity index (χ4v) is 5.02. The molecule has 0 aliphatic carbocycles. The third kappa shape index (κ3) is 4.07. The lowest BCUT2D eigenvalue weighted by Gasteiger charge is -2.31. The van der Waals surface area contributed by atoms with E-state index in [2.05, 4.69) is 10.00 Å². The highest BCUT2D eigenvalue weighted by Gasteiger charge is 2.46. The van der Waals surface area contributed by atoms with Crippen molar-refractivity contribution < 1.29 is 14.7 Å². The molecular formula is C24H29ClN4O3. The van der Waals surface area contributed by atoms with Crippen molar-refractivity contribution in [3.63, 3.8) is 0 Å². The minimum absolute atomic E-state index is 0.0927. The minimum atomic E-state index is -0.697. The van der Waals surface area contributed by atoms with E-state index in [1.165, 1.54) is 6.42 Å². The van der Waals surface area contributed by atoms with E-state index >= 15 is 0 Å². The van der Waals surface area contributed by atoms with Gasteiger partial charge in [0, 0.05) is 30.9 Å². The number of aromatic nitrogens is 2. The molecule has 7 nitrogen and oxygen atoms in total. The van der Waals surface area contributed by atoms with E-state index in [0.29, 0.717) is 34.9 Å². The second kappa shape index (κ2) is 9.08. The Kier molecular flexibility index (Phi) is 6.40. The van der Waals surface area contributed by atoms with Gasteiger partial charge in [-0.05, 0) is 57.5 Å². The lowest BCUT2D eigenvalue weighted by Crippen LogP contribution is -2.39. The van der Waals surface area contributed by atoms with Gasteiger partial charge in [-0.15, -0.1) is 0 Å². The van der Waals surface area contributed by atoms with Crippen LogP contribution in [0.3, 0.4) is 0 Å². The lowest BCUT2D eigenvalue weighted by atomic mass is 9.94. The fourth-order valence-electron chi connectivity index (χ4n) is 4.82. The molecule has 0 bridgehead atoms. The van der Waals surface area contributed by atoms with Crippen molar-refractivity contribution in [3.8, 4) is 0 Å². The molecular weight excluding hydrogens is 428 g/mol. The number of aryl methyl sites for hydroxylation is 2. The monoisotopic (exact) mass is 456 g/mol. The number of likely N-dealkylation sites (tertiary alicyclic amines) is 2. The molecule has 32 heavy (non-hydrogen) atoms. The summed E-state index contributed by atoms with van der Waals surface area (Å²) in [6, 6.07) is 6.44. The molecule has 2 fully saturated rings. The maximum Gasteiger partial charge on any atom is 0.295 e. The first-order valence-corrected chi connectivity index (χ1v) is 11.4. The molecule has 2 aromatic rings. The van der Waals surface area contributed by atoms with Crippen molar-refractivity contribution in [3.05, 3.63) is 57.4 Å². The Morgan fingerprint density at radius 1 is 1.16 bits per heavy atom. The summed E-state index contributed by atoms with van der Waals surface area (Å²) in [5.41, 5.74) is 2.62. The van der Waals surface area contributed by atoms with Gasteiger partial charge in [-0.25, -0.2) is 0 Å². The zero-order valence-corrected chi connectivity index (χ0v) is 19.5. The molecule has 1 unspecified atom stereocenters. The second-order valence-corrected chi connectivity index (χ2v) is 9.06. The summed E-state index contributed by atoms with van der Waals surface area (Å²) in [5, 5.41) is 16.2. The van der Waals surface area contributed by atoms with Gasteiger partial charge in [0.15, 0.2) is 0 Å². The highest BCUT2D eigenvalue weighted by atomic mass is 35.5. The number of halogens is 1. The van der Waals surface area contributed by atoms with Gasteiger partial charge in [0.05, 0.1) is 22.9 Å². The summed E-state index contributed by atoms with van der Waals surface area (Å²) in [6.45, 7) is 6.71. The maximum atomic E-state index is 13.2. The van der Waals surface area contributed by atoms with Crippen LogP contribution < -0.4 is 0 Å². The van der Waals surface area contributed by atoms with E-state index in [1.807, 2.05) is 13.0 Å². The summed E-state index contributed by atoms with van der Waals surface area (Å²) in [5.74, 6) is -1.45. The van der Waals surface area contributed by atoms with Crippen LogP contribution in [0.4, 0.5) is 0 Å². The molecule has 8 heteroatoms. The molecule has 0 spiro atoms. The van der Waals surface area contributed by atoms with Crippen LogP contribution in [0, 0.1) is 13.8 Å². The topological polar surface area (TPSA) is 78.7 Å². The second-order valence-electron chi connectivity index (χ2n) is 8.62. The summed E-state index contributed by atoms with van der Waals surface area (Å²) < 4.78 is 1.66. The number of amides is 1. The third-order valence-electron chi connectivity index (χ3n) is 6.56. The minimum Gasteiger partial charge on any atom is -0.507 e. The Labute approximate surface area is 193 Å². The van der Waals surface area contributed by atoms with Crippen LogP contribution in [-0.4, -0.2) is 62.6 Å². The highest BCUT2D eigenvalue weighted by Crippen LogP contribution is 2.40. The summed E-state index contributed by atoms with van der Waals surface area (Å²) in [4.78, 5) is 30.2. The first-order valence-electron chi connectivity index (χ1n) is 11.1. The highest BCUT2D eigenvalue weighted by molar-refractivity contribution is 6.46. The predicted octanol–water partition coefficient (Wildman–Crippen LogP) is 3.60. The molecule has 1 atom stereocenters. The van der Waals surface area contributed by atoms with E-state index in [4.69, 9.17) is 11.6 Å². The van der Waals surface area contributed by atoms with Crippen LogP contribution in [0.25, 0.3) is 5.76 Å². The fraction of sp³-hybridized carbons (Fsp3) is 0.458. The molecule has 1 aromatic carbocycles.